The third kappa shape index (κ3) is 3.83. The third-order valence-electron chi connectivity index (χ3n) is 5.97. The fourth-order valence-corrected chi connectivity index (χ4v) is 4.86. The van der Waals surface area contributed by atoms with Gasteiger partial charge < -0.3 is 9.59 Å². The van der Waals surface area contributed by atoms with Crippen LogP contribution in [0.3, 0.4) is 0 Å². The zero-order valence-electron chi connectivity index (χ0n) is 16.0. The van der Waals surface area contributed by atoms with Crippen LogP contribution in [0.2, 0.25) is 0 Å². The van der Waals surface area contributed by atoms with Crippen molar-refractivity contribution in [2.45, 2.75) is 38.1 Å². The van der Waals surface area contributed by atoms with Gasteiger partial charge in [0.25, 0.3) is 0 Å². The number of rotatable bonds is 6. The normalized spacial score (nSPS) is 23.6. The Morgan fingerprint density at radius 3 is 1.56 bits per heavy atom. The van der Waals surface area contributed by atoms with Crippen molar-refractivity contribution >= 4 is 0 Å². The van der Waals surface area contributed by atoms with Crippen LogP contribution in [-0.4, -0.2) is 27.8 Å². The molecule has 138 valence electrons. The molecule has 4 rings (SSSR count). The first-order valence-electron chi connectivity index (χ1n) is 9.77. The third-order valence-corrected chi connectivity index (χ3v) is 5.97. The molecule has 1 aliphatic rings. The van der Waals surface area contributed by atoms with Crippen LogP contribution in [-0.2, 0) is 19.5 Å². The van der Waals surface area contributed by atoms with Crippen LogP contribution in [0.15, 0.2) is 91.0 Å². The number of quaternary nitrogens is 1. The predicted molar refractivity (Wildman–Crippen MR) is 110 cm³/mol. The minimum Gasteiger partial charge on any atom is -0.379 e. The number of hydrogen-bond donors (Lipinski definition) is 1. The van der Waals surface area contributed by atoms with Crippen LogP contribution in [0.5, 0.6) is 0 Å². The fraction of sp³-hybridized carbons (Fsp3) is 0.280. The van der Waals surface area contributed by atoms with Gasteiger partial charge in [0.2, 0.25) is 0 Å². The van der Waals surface area contributed by atoms with Crippen molar-refractivity contribution in [1.82, 2.24) is 0 Å². The van der Waals surface area contributed by atoms with Crippen LogP contribution >= 0.6 is 0 Å². The average Bonchev–Trinajstić information content (AvgIpc) is 2.68. The molecular weight excluding hydrogens is 330 g/mol. The van der Waals surface area contributed by atoms with Crippen LogP contribution in [0.25, 0.3) is 0 Å². The lowest BCUT2D eigenvalue weighted by atomic mass is 9.76. The molecule has 2 nitrogen and oxygen atoms in total. The van der Waals surface area contributed by atoms with Crippen molar-refractivity contribution in [3.63, 3.8) is 0 Å². The Balaban J connectivity index is 1.67. The molecule has 3 aromatic rings. The average molecular weight is 359 g/mol. The fourth-order valence-electron chi connectivity index (χ4n) is 4.86. The summed E-state index contributed by atoms with van der Waals surface area (Å²) in [6, 6.07) is 32.2. The van der Waals surface area contributed by atoms with E-state index in [0.29, 0.717) is 0 Å². The van der Waals surface area contributed by atoms with Gasteiger partial charge in [0, 0.05) is 17.5 Å². The molecule has 2 atom stereocenters. The molecule has 1 N–H and O–H groups in total. The summed E-state index contributed by atoms with van der Waals surface area (Å²) in [6.45, 7) is 4.69. The smallest absolute Gasteiger partial charge is 0.163 e. The monoisotopic (exact) mass is 358 g/mol. The summed E-state index contributed by atoms with van der Waals surface area (Å²) in [6.07, 6.45) is 0.896. The number of benzene rings is 3. The molecular formula is C25H28NO+. The summed E-state index contributed by atoms with van der Waals surface area (Å²) in [5.74, 6) is 0. The Morgan fingerprint density at radius 2 is 1.15 bits per heavy atom. The molecule has 27 heavy (non-hydrogen) atoms. The van der Waals surface area contributed by atoms with E-state index in [9.17, 15) is 5.11 Å². The van der Waals surface area contributed by atoms with Gasteiger partial charge in [0.1, 0.15) is 25.7 Å². The molecule has 1 saturated heterocycles. The maximum atomic E-state index is 11.1. The second-order valence-electron chi connectivity index (χ2n) is 8.23. The minimum absolute atomic E-state index is 0.181. The number of aliphatic hydroxyl groups is 1. The SMILES string of the molecule is C[C@]1(O)C[N+](Cc2ccccc2)(Cc2ccccc2)[C@H]1Cc1ccccc1. The van der Waals surface area contributed by atoms with E-state index in [1.807, 2.05) is 6.92 Å². The minimum atomic E-state index is -0.639. The molecule has 0 spiro atoms. The topological polar surface area (TPSA) is 20.2 Å². The van der Waals surface area contributed by atoms with Crippen molar-refractivity contribution in [3.8, 4) is 0 Å². The van der Waals surface area contributed by atoms with E-state index < -0.39 is 5.60 Å². The van der Waals surface area contributed by atoms with Gasteiger partial charge in [-0.25, -0.2) is 0 Å². The number of hydrogen-bond acceptors (Lipinski definition) is 1. The molecule has 3 aromatic carbocycles. The highest BCUT2D eigenvalue weighted by atomic mass is 16.3. The molecule has 0 amide bonds. The second-order valence-corrected chi connectivity index (χ2v) is 8.23. The molecule has 0 radical (unpaired) electrons. The van der Waals surface area contributed by atoms with E-state index in [1.54, 1.807) is 0 Å². The lowest BCUT2D eigenvalue weighted by molar-refractivity contribution is -1.03. The van der Waals surface area contributed by atoms with Crippen molar-refractivity contribution < 1.29 is 9.59 Å². The van der Waals surface area contributed by atoms with Crippen molar-refractivity contribution in [3.05, 3.63) is 108 Å². The van der Waals surface area contributed by atoms with Gasteiger partial charge in [0.15, 0.2) is 5.60 Å². The zero-order valence-corrected chi connectivity index (χ0v) is 16.0. The molecule has 0 unspecified atom stereocenters. The summed E-state index contributed by atoms with van der Waals surface area (Å²) in [7, 11) is 0. The second kappa shape index (κ2) is 7.30. The Hall–Kier alpha value is -2.42. The van der Waals surface area contributed by atoms with Crippen LogP contribution < -0.4 is 0 Å². The van der Waals surface area contributed by atoms with Gasteiger partial charge >= 0.3 is 0 Å². The van der Waals surface area contributed by atoms with Gasteiger partial charge in [0.05, 0.1) is 0 Å². The highest BCUT2D eigenvalue weighted by Crippen LogP contribution is 2.43. The summed E-state index contributed by atoms with van der Waals surface area (Å²) in [5.41, 5.74) is 3.33. The van der Waals surface area contributed by atoms with E-state index in [2.05, 4.69) is 91.0 Å². The van der Waals surface area contributed by atoms with Crippen LogP contribution in [0.1, 0.15) is 23.6 Å². The summed E-state index contributed by atoms with van der Waals surface area (Å²) >= 11 is 0. The number of nitrogens with zero attached hydrogens (tertiary/aromatic N) is 1. The van der Waals surface area contributed by atoms with E-state index >= 15 is 0 Å². The standard InChI is InChI=1S/C25H28NO/c1-25(27)20-26(18-22-13-7-3-8-14-22,19-23-15-9-4-10-16-23)24(25)17-21-11-5-2-6-12-21/h2-16,24,27H,17-20H2,1H3/q+1/t24-,25-/m0/s1. The van der Waals surface area contributed by atoms with E-state index in [1.165, 1.54) is 16.7 Å². The van der Waals surface area contributed by atoms with Gasteiger partial charge in [-0.2, -0.15) is 0 Å². The molecule has 0 saturated carbocycles. The molecule has 1 aliphatic heterocycles. The Morgan fingerprint density at radius 1 is 0.741 bits per heavy atom. The molecule has 1 fully saturated rings. The van der Waals surface area contributed by atoms with Gasteiger partial charge in [-0.3, -0.25) is 0 Å². The number of likely N-dealkylation sites (tertiary alicyclic amines) is 1. The lowest BCUT2D eigenvalue weighted by Gasteiger charge is -2.60. The zero-order chi connectivity index (χ0) is 18.7. The van der Waals surface area contributed by atoms with Gasteiger partial charge in [-0.1, -0.05) is 91.0 Å². The van der Waals surface area contributed by atoms with Crippen LogP contribution in [0, 0.1) is 0 Å². The van der Waals surface area contributed by atoms with E-state index in [0.717, 1.165) is 30.5 Å². The van der Waals surface area contributed by atoms with Crippen LogP contribution in [0.4, 0.5) is 0 Å². The molecule has 2 heteroatoms. The largest absolute Gasteiger partial charge is 0.379 e. The maximum absolute atomic E-state index is 11.1. The van der Waals surface area contributed by atoms with Gasteiger partial charge in [-0.15, -0.1) is 0 Å². The first kappa shape index (κ1) is 18.0. The quantitative estimate of drug-likeness (QED) is 0.640. The summed E-state index contributed by atoms with van der Waals surface area (Å²) in [5, 5.41) is 11.1. The first-order chi connectivity index (χ1) is 13.1. The predicted octanol–water partition coefficient (Wildman–Crippen LogP) is 4.58. The molecule has 0 aromatic heterocycles. The van der Waals surface area contributed by atoms with Crippen molar-refractivity contribution in [2.24, 2.45) is 0 Å². The molecule has 0 aliphatic carbocycles. The molecule has 1 heterocycles. The van der Waals surface area contributed by atoms with Gasteiger partial charge in [-0.05, 0) is 12.5 Å². The summed E-state index contributed by atoms with van der Waals surface area (Å²) < 4.78 is 0.899. The lowest BCUT2D eigenvalue weighted by Crippen LogP contribution is -2.79. The van der Waals surface area contributed by atoms with Crippen molar-refractivity contribution in [2.75, 3.05) is 6.54 Å². The highest BCUT2D eigenvalue weighted by molar-refractivity contribution is 5.20. The molecule has 0 bridgehead atoms. The first-order valence-corrected chi connectivity index (χ1v) is 9.77. The Labute approximate surface area is 162 Å². The van der Waals surface area contributed by atoms with Crippen molar-refractivity contribution in [1.29, 1.82) is 0 Å². The summed E-state index contributed by atoms with van der Waals surface area (Å²) in [4.78, 5) is 0. The van der Waals surface area contributed by atoms with E-state index in [4.69, 9.17) is 0 Å². The Kier molecular flexibility index (Phi) is 4.86. The highest BCUT2D eigenvalue weighted by Gasteiger charge is 2.61. The Bertz CT molecular complexity index is 817. The maximum Gasteiger partial charge on any atom is 0.163 e. The van der Waals surface area contributed by atoms with E-state index in [-0.39, 0.29) is 6.04 Å².